The van der Waals surface area contributed by atoms with Crippen molar-refractivity contribution >= 4 is 112 Å². The largest absolute Gasteiger partial charge is 0.444 e. The highest BCUT2D eigenvalue weighted by Gasteiger charge is 2.57. The van der Waals surface area contributed by atoms with Crippen molar-refractivity contribution in [3.05, 3.63) is 190 Å². The molecular formula is C101H106Cl3N21O6. The number of likely N-dealkylation sites (tertiary alicyclic amines) is 2. The standard InChI is InChI=1S/C36H40ClN7O3.C34H34ClN7O2.C31H32ClN7O/c1-21-14-28-26(18-39-44(28)29-8-6-7-13-46-29)31(32(21)37)30-22(2)43(41-33(30)24-9-10-27-23(15-24)11-12-38-40-27)25-16-36(17-25)19-42(20-36)34(45)47-35(3,4)5;1-4-28(43)40-18-34(19-40)15-24(16-34)41-21(3)30(33(39-41)23-8-9-26-22(14-23)10-11-36-38-26)31-25-17-37-42(29-7-5-6-12-44-29)27(25)13-20(2)32(31)35;1-18-11-25-23(15-35-39(25)26-5-3-4-10-40-26)28(29(18)32)27-19(2)38(22-13-31(14-22)16-33-17-31)37-30(27)21-6-7-24-20(12-21)8-9-34-36-24/h9-12,14-15,18,25,29H,6-8,13,16-17,19-20H2,1-5H3;4,8-11,13-14,17,24,29H,1,5-7,12,15-16,18-19H2,2-3H3;6-9,11-12,15,22,26,33H,3-5,10,13-14,16-17H2,1-2H3. The van der Waals surface area contributed by atoms with Crippen molar-refractivity contribution in [2.45, 2.75) is 201 Å². The van der Waals surface area contributed by atoms with E-state index < -0.39 is 5.60 Å². The summed E-state index contributed by atoms with van der Waals surface area (Å²) in [6, 6.07) is 31.9. The van der Waals surface area contributed by atoms with Crippen LogP contribution >= 0.6 is 34.8 Å². The van der Waals surface area contributed by atoms with E-state index in [1.165, 1.54) is 6.08 Å². The number of nitrogens with one attached hydrogen (secondary N) is 1. The van der Waals surface area contributed by atoms with Crippen LogP contribution in [0.15, 0.2) is 141 Å². The Hall–Kier alpha value is -11.4. The van der Waals surface area contributed by atoms with Crippen LogP contribution in [0.2, 0.25) is 15.1 Å². The lowest BCUT2D eigenvalue weighted by Crippen LogP contribution is -2.64. The van der Waals surface area contributed by atoms with E-state index in [0.717, 1.165) is 327 Å². The van der Waals surface area contributed by atoms with Gasteiger partial charge >= 0.3 is 6.09 Å². The summed E-state index contributed by atoms with van der Waals surface area (Å²) in [5.41, 5.74) is 23.9. The van der Waals surface area contributed by atoms with Crippen LogP contribution in [-0.4, -0.2) is 176 Å². The number of fused-ring (bicyclic) bond motifs is 6. The van der Waals surface area contributed by atoms with Crippen molar-refractivity contribution in [3.63, 3.8) is 0 Å². The van der Waals surface area contributed by atoms with Gasteiger partial charge in [0.25, 0.3) is 0 Å². The first-order chi connectivity index (χ1) is 63.4. The smallest absolute Gasteiger partial charge is 0.410 e. The zero-order chi connectivity index (χ0) is 89.8. The molecule has 6 aliphatic heterocycles. The lowest BCUT2D eigenvalue weighted by molar-refractivity contribution is -0.149. The number of carbonyl (C=O) groups is 2. The van der Waals surface area contributed by atoms with E-state index in [1.807, 2.05) is 94.9 Å². The van der Waals surface area contributed by atoms with Gasteiger partial charge in [0.2, 0.25) is 5.91 Å². The fourth-order valence-corrected chi connectivity index (χ4v) is 23.2. The molecule has 15 heterocycles. The van der Waals surface area contributed by atoms with E-state index in [2.05, 4.69) is 157 Å². The van der Waals surface area contributed by atoms with Crippen LogP contribution < -0.4 is 5.32 Å². The highest BCUT2D eigenvalue weighted by atomic mass is 35.5. The minimum Gasteiger partial charge on any atom is -0.444 e. The van der Waals surface area contributed by atoms with Gasteiger partial charge in [-0.25, -0.2) is 18.8 Å². The topological polar surface area (TPSA) is 274 Å². The van der Waals surface area contributed by atoms with Crippen molar-refractivity contribution in [3.8, 4) is 67.2 Å². The van der Waals surface area contributed by atoms with Crippen LogP contribution in [-0.2, 0) is 23.7 Å². The molecule has 15 aromatic rings. The molecule has 6 aromatic carbocycles. The normalized spacial score (nSPS) is 20.9. The van der Waals surface area contributed by atoms with Crippen LogP contribution in [0.25, 0.3) is 133 Å². The predicted octanol–water partition coefficient (Wildman–Crippen LogP) is 21.3. The van der Waals surface area contributed by atoms with E-state index in [4.69, 9.17) is 84.3 Å². The Labute approximate surface area is 773 Å². The van der Waals surface area contributed by atoms with Gasteiger partial charge in [0.05, 0.1) is 103 Å². The lowest BCUT2D eigenvalue weighted by atomic mass is 9.60. The zero-order valence-corrected chi connectivity index (χ0v) is 77.6. The first kappa shape index (κ1) is 85.1. The summed E-state index contributed by atoms with van der Waals surface area (Å²) in [5, 5.41) is 67.3. The Morgan fingerprint density at radius 2 is 0.779 bits per heavy atom. The van der Waals surface area contributed by atoms with Gasteiger partial charge < -0.3 is 34.1 Å². The Kier molecular flexibility index (Phi) is 21.5. The Bertz CT molecular complexity index is 7080. The molecule has 6 saturated heterocycles. The van der Waals surface area contributed by atoms with Crippen LogP contribution in [0.5, 0.6) is 0 Å². The van der Waals surface area contributed by atoms with Crippen LogP contribution in [0.1, 0.15) is 188 Å². The maximum atomic E-state index is 12.6. The van der Waals surface area contributed by atoms with Gasteiger partial charge in [0.15, 0.2) is 18.7 Å². The molecule has 3 unspecified atom stereocenters. The summed E-state index contributed by atoms with van der Waals surface area (Å²) in [4.78, 5) is 28.5. The Balaban J connectivity index is 0.000000115. The third kappa shape index (κ3) is 14.9. The summed E-state index contributed by atoms with van der Waals surface area (Å²) in [6.07, 6.45) is 27.6. The molecule has 3 atom stereocenters. The first-order valence-corrected chi connectivity index (χ1v) is 47.4. The van der Waals surface area contributed by atoms with Crippen LogP contribution in [0.4, 0.5) is 4.79 Å². The van der Waals surface area contributed by atoms with E-state index in [-0.39, 0.29) is 53.6 Å². The molecular weight excluding hydrogens is 1710 g/mol. The van der Waals surface area contributed by atoms with Crippen molar-refractivity contribution in [1.82, 2.24) is 104 Å². The van der Waals surface area contributed by atoms with Gasteiger partial charge in [-0.15, -0.1) is 0 Å². The number of rotatable bonds is 13. The van der Waals surface area contributed by atoms with Crippen LogP contribution in [0, 0.1) is 57.8 Å². The number of aryl methyl sites for hydroxylation is 3. The lowest BCUT2D eigenvalue weighted by Gasteiger charge is -2.58. The summed E-state index contributed by atoms with van der Waals surface area (Å²) in [7, 11) is 0. The molecule has 3 saturated carbocycles. The van der Waals surface area contributed by atoms with Gasteiger partial charge in [-0.3, -0.25) is 18.8 Å². The van der Waals surface area contributed by atoms with Crippen molar-refractivity contribution < 1.29 is 28.5 Å². The number of nitrogens with zero attached hydrogens (tertiary/aromatic N) is 20. The number of carbonyl (C=O) groups excluding carboxylic acids is 2. The van der Waals surface area contributed by atoms with Gasteiger partial charge in [0, 0.05) is 169 Å². The number of halogens is 3. The second-order valence-electron chi connectivity index (χ2n) is 39.4. The minimum atomic E-state index is -0.501. The quantitative estimate of drug-likeness (QED) is 0.105. The molecule has 3 spiro atoms. The molecule has 27 nitrogen and oxygen atoms in total. The molecule has 2 amide bonds. The number of hydrogen-bond acceptors (Lipinski definition) is 19. The fourth-order valence-electron chi connectivity index (χ4n) is 22.5. The molecule has 0 bridgehead atoms. The van der Waals surface area contributed by atoms with Crippen molar-refractivity contribution in [1.29, 1.82) is 0 Å². The monoisotopic (exact) mass is 1810 g/mol. The number of hydrogen-bond donors (Lipinski definition) is 1. The number of ether oxygens (including phenoxy) is 4. The predicted molar refractivity (Wildman–Crippen MR) is 508 cm³/mol. The van der Waals surface area contributed by atoms with E-state index in [1.54, 1.807) is 18.6 Å². The second kappa shape index (κ2) is 33.1. The summed E-state index contributed by atoms with van der Waals surface area (Å²) < 4.78 is 36.8. The van der Waals surface area contributed by atoms with E-state index in [0.29, 0.717) is 21.5 Å². The molecule has 24 rings (SSSR count). The SMILES string of the molecule is C=CC(=O)N1CC2(CC(n3nc(-c4ccc5nnccc5c4)c(-c4c(Cl)c(C)cc5c4cnn5C4CCCCO4)c3C)C2)C1.Cc1cc2c(cnn2C2CCCCO2)c(-c2c(-c3ccc4nnccc4c3)nn(C3CC4(C3)CN(C(=O)OC(C)(C)C)C4)c2C)c1Cl.Cc1cc2c(cnn2C2CCCCO2)c(-c2c(-c3ccc4nnccc4c3)nn(C3CC4(CNC4)C3)c2C)c1Cl. The molecule has 1 N–H and O–H groups in total. The molecule has 9 aliphatic rings. The minimum absolute atomic E-state index is 0.0113. The highest BCUT2D eigenvalue weighted by molar-refractivity contribution is 6.37. The van der Waals surface area contributed by atoms with Crippen molar-refractivity contribution in [2.24, 2.45) is 16.2 Å². The molecule has 30 heteroatoms. The van der Waals surface area contributed by atoms with Gasteiger partial charge in [-0.2, -0.15) is 61.2 Å². The molecule has 9 fully saturated rings. The summed E-state index contributed by atoms with van der Waals surface area (Å²) in [6.45, 7) is 29.5. The summed E-state index contributed by atoms with van der Waals surface area (Å²) >= 11 is 21.7. The third-order valence-corrected chi connectivity index (χ3v) is 30.7. The molecule has 3 aliphatic carbocycles. The van der Waals surface area contributed by atoms with Crippen molar-refractivity contribution in [2.75, 3.05) is 59.1 Å². The average Bonchev–Trinajstić information content (AvgIpc) is 1.53. The molecule has 131 heavy (non-hydrogen) atoms. The molecule has 672 valence electrons. The molecule has 9 aromatic heterocycles. The number of amides is 2. The zero-order valence-electron chi connectivity index (χ0n) is 75.4. The van der Waals surface area contributed by atoms with Crippen LogP contribution in [0.3, 0.4) is 0 Å². The van der Waals surface area contributed by atoms with Gasteiger partial charge in [-0.1, -0.05) is 59.6 Å². The maximum absolute atomic E-state index is 12.6. The van der Waals surface area contributed by atoms with E-state index >= 15 is 0 Å². The van der Waals surface area contributed by atoms with Gasteiger partial charge in [-0.05, 0) is 260 Å². The highest BCUT2D eigenvalue weighted by Crippen LogP contribution is 2.59. The fraction of sp³-hybridized carbons (Fsp3) is 0.426. The first-order valence-electron chi connectivity index (χ1n) is 46.2. The number of benzene rings is 6. The summed E-state index contributed by atoms with van der Waals surface area (Å²) in [5.74, 6) is 0.0113. The van der Waals surface area contributed by atoms with Gasteiger partial charge in [0.1, 0.15) is 22.7 Å². The maximum Gasteiger partial charge on any atom is 0.410 e. The molecule has 0 radical (unpaired) electrons. The average molecular weight is 1820 g/mol. The second-order valence-corrected chi connectivity index (χ2v) is 40.5. The Morgan fingerprint density at radius 3 is 1.08 bits per heavy atom. The number of aromatic nitrogens is 18. The Morgan fingerprint density at radius 1 is 0.443 bits per heavy atom. The third-order valence-electron chi connectivity index (χ3n) is 29.2. The van der Waals surface area contributed by atoms with E-state index in [9.17, 15) is 9.59 Å².